The monoisotopic (exact) mass is 697 g/mol. The number of aliphatic hydroxyl groups is 1. The van der Waals surface area contributed by atoms with Crippen molar-refractivity contribution in [2.45, 2.75) is 25.3 Å². The number of benzene rings is 3. The average Bonchev–Trinajstić information content (AvgIpc) is 3.27. The van der Waals surface area contributed by atoms with E-state index in [1.165, 1.54) is 41.9 Å². The number of alkyl halides is 5. The van der Waals surface area contributed by atoms with Crippen molar-refractivity contribution in [3.8, 4) is 5.75 Å². The number of hydrogen-bond acceptors (Lipinski definition) is 6. The van der Waals surface area contributed by atoms with Crippen LogP contribution >= 0.6 is 34.8 Å². The molecule has 0 aliphatic rings. The summed E-state index contributed by atoms with van der Waals surface area (Å²) in [4.78, 5) is 29.2. The maximum absolute atomic E-state index is 13.5. The second kappa shape index (κ2) is 13.6. The summed E-state index contributed by atoms with van der Waals surface area (Å²) in [6.45, 7) is -1.53. The van der Waals surface area contributed by atoms with E-state index in [2.05, 4.69) is 15.6 Å². The van der Waals surface area contributed by atoms with Crippen LogP contribution < -0.4 is 20.7 Å². The molecular weight excluding hydrogens is 679 g/mol. The van der Waals surface area contributed by atoms with E-state index in [0.717, 1.165) is 12.1 Å². The number of nitrogens with zero attached hydrogens (tertiary/aromatic N) is 2. The number of aliphatic hydroxyl groups excluding tert-OH is 1. The Morgan fingerprint density at radius 2 is 1.78 bits per heavy atom. The minimum atomic E-state index is -5.17. The van der Waals surface area contributed by atoms with Crippen molar-refractivity contribution in [3.05, 3.63) is 74.5 Å². The number of aromatic nitrogens is 2. The summed E-state index contributed by atoms with van der Waals surface area (Å²) in [6, 6.07) is 8.67. The molecule has 0 fully saturated rings. The van der Waals surface area contributed by atoms with Crippen molar-refractivity contribution >= 4 is 75.0 Å². The number of ether oxygens (including phenoxy) is 1. The number of carbonyl (C=O) groups excluding carboxylic acids is 2. The Morgan fingerprint density at radius 1 is 1.07 bits per heavy atom. The van der Waals surface area contributed by atoms with Crippen molar-refractivity contribution in [1.29, 1.82) is 0 Å². The Labute approximate surface area is 265 Å². The van der Waals surface area contributed by atoms with E-state index in [1.54, 1.807) is 0 Å². The zero-order valence-corrected chi connectivity index (χ0v) is 24.8. The molecule has 0 aliphatic heterocycles. The normalized spacial score (nSPS) is 12.4. The molecule has 0 spiro atoms. The van der Waals surface area contributed by atoms with Crippen LogP contribution in [0.2, 0.25) is 15.1 Å². The molecule has 1 aromatic heterocycles. The average molecular weight is 699 g/mol. The minimum Gasteiger partial charge on any atom is -0.487 e. The van der Waals surface area contributed by atoms with Gasteiger partial charge in [-0.3, -0.25) is 9.59 Å². The fourth-order valence-electron chi connectivity index (χ4n) is 3.94. The first-order chi connectivity index (χ1) is 21.1. The quantitative estimate of drug-likeness (QED) is 0.135. The van der Waals surface area contributed by atoms with E-state index >= 15 is 0 Å². The van der Waals surface area contributed by atoms with Gasteiger partial charge in [0.05, 0.1) is 37.4 Å². The number of fused-ring (bicyclic) bond motifs is 1. The number of carbonyl (C=O) groups is 2. The van der Waals surface area contributed by atoms with Gasteiger partial charge in [0.2, 0.25) is 12.1 Å². The first-order valence-electron chi connectivity index (χ1n) is 12.5. The Morgan fingerprint density at radius 3 is 2.42 bits per heavy atom. The summed E-state index contributed by atoms with van der Waals surface area (Å²) in [5, 5.41) is 16.1. The number of halogens is 9. The van der Waals surface area contributed by atoms with Crippen molar-refractivity contribution in [2.24, 2.45) is 7.05 Å². The number of amides is 2. The van der Waals surface area contributed by atoms with Crippen LogP contribution in [0.15, 0.2) is 42.5 Å². The zero-order valence-electron chi connectivity index (χ0n) is 22.6. The smallest absolute Gasteiger partial charge is 0.423 e. The molecule has 1 heterocycles. The van der Waals surface area contributed by atoms with Crippen molar-refractivity contribution in [3.63, 3.8) is 0 Å². The lowest BCUT2D eigenvalue weighted by Gasteiger charge is -2.16. The van der Waals surface area contributed by atoms with Gasteiger partial charge in [0.1, 0.15) is 18.2 Å². The molecule has 240 valence electrons. The molecule has 3 aromatic carbocycles. The molecule has 0 saturated carbocycles. The molecule has 45 heavy (non-hydrogen) atoms. The fraction of sp³-hybridized carbons (Fsp3) is 0.222. The molecule has 0 saturated heterocycles. The van der Waals surface area contributed by atoms with Gasteiger partial charge >= 0.3 is 6.18 Å². The SMILES string of the molecule is Cn1c(Nc2c(Cl)ccc(CNC(=O)C(O)C(F)(F)F)c2Cl)nc2cc(C(=O)Nc3ccc(F)c(Cl)c3)c(OCC(F)F)cc21. The third-order valence-corrected chi connectivity index (χ3v) is 7.22. The molecule has 0 radical (unpaired) electrons. The van der Waals surface area contributed by atoms with Crippen LogP contribution in [-0.2, 0) is 18.4 Å². The molecule has 4 aromatic rings. The largest absolute Gasteiger partial charge is 0.487 e. The number of aryl methyl sites for hydroxylation is 1. The highest BCUT2D eigenvalue weighted by Gasteiger charge is 2.43. The van der Waals surface area contributed by atoms with Gasteiger partial charge in [-0.25, -0.2) is 18.2 Å². The molecule has 4 rings (SSSR count). The lowest BCUT2D eigenvalue weighted by atomic mass is 10.1. The third-order valence-electron chi connectivity index (χ3n) is 6.19. The summed E-state index contributed by atoms with van der Waals surface area (Å²) < 4.78 is 84.1. The second-order valence-corrected chi connectivity index (χ2v) is 10.5. The summed E-state index contributed by atoms with van der Waals surface area (Å²) in [7, 11) is 1.53. The first kappa shape index (κ1) is 34.0. The van der Waals surface area contributed by atoms with Gasteiger partial charge in [-0.05, 0) is 35.9 Å². The van der Waals surface area contributed by atoms with Gasteiger partial charge in [0, 0.05) is 25.3 Å². The highest BCUT2D eigenvalue weighted by molar-refractivity contribution is 6.39. The van der Waals surface area contributed by atoms with Gasteiger partial charge in [0.25, 0.3) is 18.2 Å². The lowest BCUT2D eigenvalue weighted by Crippen LogP contribution is -2.43. The number of hydrogen-bond donors (Lipinski definition) is 4. The van der Waals surface area contributed by atoms with Crippen LogP contribution in [0.5, 0.6) is 5.75 Å². The van der Waals surface area contributed by atoms with Gasteiger partial charge in [0.15, 0.2) is 0 Å². The third kappa shape index (κ3) is 7.84. The van der Waals surface area contributed by atoms with Gasteiger partial charge < -0.3 is 30.4 Å². The van der Waals surface area contributed by atoms with Gasteiger partial charge in [-0.2, -0.15) is 13.2 Å². The molecule has 0 aliphatic carbocycles. The topological polar surface area (TPSA) is 118 Å². The van der Waals surface area contributed by atoms with E-state index in [0.29, 0.717) is 5.52 Å². The van der Waals surface area contributed by atoms with Crippen molar-refractivity contribution < 1.29 is 45.8 Å². The van der Waals surface area contributed by atoms with Crippen molar-refractivity contribution in [2.75, 3.05) is 17.2 Å². The van der Waals surface area contributed by atoms with E-state index in [9.17, 15) is 35.9 Å². The minimum absolute atomic E-state index is 0.0418. The molecular formula is C27H20Cl3F6N5O4. The Bertz CT molecular complexity index is 1770. The Hall–Kier alpha value is -3.92. The van der Waals surface area contributed by atoms with Crippen molar-refractivity contribution in [1.82, 2.24) is 14.9 Å². The van der Waals surface area contributed by atoms with Gasteiger partial charge in [-0.1, -0.05) is 40.9 Å². The predicted octanol–water partition coefficient (Wildman–Crippen LogP) is 6.85. The number of nitrogens with one attached hydrogen (secondary N) is 3. The van der Waals surface area contributed by atoms with E-state index in [4.69, 9.17) is 44.6 Å². The lowest BCUT2D eigenvalue weighted by molar-refractivity contribution is -0.205. The molecule has 4 N–H and O–H groups in total. The summed E-state index contributed by atoms with van der Waals surface area (Å²) in [6.07, 6.45) is -11.3. The number of rotatable bonds is 10. The summed E-state index contributed by atoms with van der Waals surface area (Å²) in [5.41, 5.74) is 0.585. The maximum atomic E-state index is 13.5. The second-order valence-electron chi connectivity index (χ2n) is 9.30. The number of anilines is 3. The summed E-state index contributed by atoms with van der Waals surface area (Å²) in [5.74, 6) is -3.37. The van der Waals surface area contributed by atoms with Crippen LogP contribution in [-0.4, -0.2) is 51.8 Å². The molecule has 1 unspecified atom stereocenters. The van der Waals surface area contributed by atoms with E-state index in [-0.39, 0.29) is 54.8 Å². The molecule has 1 atom stereocenters. The summed E-state index contributed by atoms with van der Waals surface area (Å²) >= 11 is 18.5. The number of imidazole rings is 1. The van der Waals surface area contributed by atoms with Crippen LogP contribution in [0.1, 0.15) is 15.9 Å². The molecule has 18 heteroatoms. The predicted molar refractivity (Wildman–Crippen MR) is 155 cm³/mol. The zero-order chi connectivity index (χ0) is 33.2. The van der Waals surface area contributed by atoms with Crippen LogP contribution in [0, 0.1) is 5.82 Å². The van der Waals surface area contributed by atoms with Gasteiger partial charge in [-0.15, -0.1) is 0 Å². The maximum Gasteiger partial charge on any atom is 0.423 e. The standard InChI is InChI=1S/C27H20Cl3F6N5O4/c1-41-18-8-19(45-10-20(32)33)13(24(43)38-12-3-5-16(31)15(29)6-12)7-17(18)39-26(41)40-22-14(28)4-2-11(21(22)30)9-37-25(44)23(42)27(34,35)36/h2-8,20,23,42H,9-10H2,1H3,(H,37,44)(H,38,43)(H,39,40). The highest BCUT2D eigenvalue weighted by Crippen LogP contribution is 2.37. The molecule has 2 amide bonds. The Kier molecular flexibility index (Phi) is 10.3. The van der Waals surface area contributed by atoms with Crippen LogP contribution in [0.25, 0.3) is 11.0 Å². The molecule has 9 nitrogen and oxygen atoms in total. The van der Waals surface area contributed by atoms with Crippen LogP contribution in [0.3, 0.4) is 0 Å². The van der Waals surface area contributed by atoms with E-state index in [1.807, 2.05) is 5.32 Å². The van der Waals surface area contributed by atoms with Crippen LogP contribution in [0.4, 0.5) is 43.7 Å². The fourth-order valence-corrected chi connectivity index (χ4v) is 4.65. The Balaban J connectivity index is 1.66. The van der Waals surface area contributed by atoms with E-state index < -0.39 is 49.5 Å². The first-order valence-corrected chi connectivity index (χ1v) is 13.6. The highest BCUT2D eigenvalue weighted by atomic mass is 35.5. The molecule has 0 bridgehead atoms.